The van der Waals surface area contributed by atoms with Crippen LogP contribution in [0.2, 0.25) is 0 Å². The molecule has 0 saturated carbocycles. The molecular formula is C40H39IrN2O2Se-. The number of rotatable bonds is 8. The van der Waals surface area contributed by atoms with E-state index < -0.39 is 0 Å². The molecule has 0 atom stereocenters. The average molecular weight is 851 g/mol. The van der Waals surface area contributed by atoms with Gasteiger partial charge in [0.2, 0.25) is 0 Å². The van der Waals surface area contributed by atoms with Crippen molar-refractivity contribution in [2.24, 2.45) is 11.8 Å². The first kappa shape index (κ1) is 33.8. The fourth-order valence-corrected chi connectivity index (χ4v) is 8.76. The van der Waals surface area contributed by atoms with Gasteiger partial charge in [-0.25, -0.2) is 0 Å². The predicted molar refractivity (Wildman–Crippen MR) is 191 cm³/mol. The van der Waals surface area contributed by atoms with Gasteiger partial charge in [-0.3, -0.25) is 4.79 Å². The van der Waals surface area contributed by atoms with Gasteiger partial charge in [-0.2, -0.15) is 0 Å². The van der Waals surface area contributed by atoms with E-state index in [4.69, 9.17) is 4.98 Å². The maximum absolute atomic E-state index is 11.7. The number of para-hydroxylation sites is 2. The van der Waals surface area contributed by atoms with Crippen LogP contribution in [0.1, 0.15) is 53.4 Å². The molecular weight excluding hydrogens is 812 g/mol. The Balaban J connectivity index is 0.000000225. The molecule has 7 rings (SSSR count). The number of carbonyl (C=O) groups excluding carboxylic acids is 1. The number of aliphatic hydroxyl groups is 1. The van der Waals surface area contributed by atoms with Crippen LogP contribution in [0.5, 0.6) is 0 Å². The zero-order valence-corrected chi connectivity index (χ0v) is 30.8. The van der Waals surface area contributed by atoms with Gasteiger partial charge in [-0.05, 0) is 25.7 Å². The molecule has 1 radical (unpaired) electrons. The molecule has 4 aromatic carbocycles. The summed E-state index contributed by atoms with van der Waals surface area (Å²) >= 11 is 0.307. The molecule has 3 heterocycles. The predicted octanol–water partition coefficient (Wildman–Crippen LogP) is 10.4. The number of fused-ring (bicyclic) bond motifs is 3. The van der Waals surface area contributed by atoms with Crippen molar-refractivity contribution in [1.82, 2.24) is 9.55 Å². The molecule has 3 aromatic heterocycles. The number of nitrogens with zero attached hydrogens (tertiary/aromatic N) is 2. The molecule has 0 fully saturated rings. The Kier molecular flexibility index (Phi) is 11.0. The number of hydrogen-bond acceptors (Lipinski definition) is 3. The fraction of sp³-hybridized carbons (Fsp3) is 0.250. The number of ketones is 1. The summed E-state index contributed by atoms with van der Waals surface area (Å²) in [6.45, 7) is 8.07. The zero-order chi connectivity index (χ0) is 31.5. The molecule has 0 spiro atoms. The van der Waals surface area contributed by atoms with Crippen LogP contribution in [0, 0.1) is 17.9 Å². The monoisotopic (exact) mass is 852 g/mol. The average Bonchev–Trinajstić information content (AvgIpc) is 3.41. The van der Waals surface area contributed by atoms with Crippen molar-refractivity contribution in [3.63, 3.8) is 0 Å². The maximum atomic E-state index is 11.7. The molecule has 0 bridgehead atoms. The van der Waals surface area contributed by atoms with E-state index in [-0.39, 0.29) is 43.5 Å². The number of carbonyl (C=O) groups is 1. The van der Waals surface area contributed by atoms with Crippen LogP contribution in [0.4, 0.5) is 0 Å². The van der Waals surface area contributed by atoms with Crippen LogP contribution < -0.4 is 0 Å². The van der Waals surface area contributed by atoms with E-state index in [9.17, 15) is 9.90 Å². The van der Waals surface area contributed by atoms with E-state index >= 15 is 0 Å². The summed E-state index contributed by atoms with van der Waals surface area (Å²) in [6.07, 6.45) is 4.91. The van der Waals surface area contributed by atoms with Crippen molar-refractivity contribution < 1.29 is 30.0 Å². The summed E-state index contributed by atoms with van der Waals surface area (Å²) in [5.41, 5.74) is 5.52. The molecule has 6 heteroatoms. The third kappa shape index (κ3) is 6.37. The van der Waals surface area contributed by atoms with Crippen molar-refractivity contribution in [3.05, 3.63) is 109 Å². The topological polar surface area (TPSA) is 55.1 Å². The molecule has 0 amide bonds. The first-order chi connectivity index (χ1) is 22.0. The summed E-state index contributed by atoms with van der Waals surface area (Å²) in [6, 6.07) is 35.9. The van der Waals surface area contributed by atoms with E-state index in [1.165, 1.54) is 30.9 Å². The molecule has 0 aliphatic carbocycles. The van der Waals surface area contributed by atoms with Crippen LogP contribution in [0.15, 0.2) is 103 Å². The van der Waals surface area contributed by atoms with Gasteiger partial charge in [0.1, 0.15) is 0 Å². The third-order valence-corrected chi connectivity index (χ3v) is 11.3. The van der Waals surface area contributed by atoms with Crippen LogP contribution in [0.3, 0.4) is 0 Å². The van der Waals surface area contributed by atoms with Crippen LogP contribution in [-0.2, 0) is 24.9 Å². The summed E-state index contributed by atoms with van der Waals surface area (Å²) < 4.78 is 5.25. The van der Waals surface area contributed by atoms with Gasteiger partial charge in [0, 0.05) is 38.0 Å². The number of pyridine rings is 1. The van der Waals surface area contributed by atoms with Crippen molar-refractivity contribution in [2.45, 2.75) is 53.4 Å². The first-order valence-corrected chi connectivity index (χ1v) is 17.8. The number of allylic oxidation sites excluding steroid dienone is 2. The van der Waals surface area contributed by atoms with Crippen molar-refractivity contribution in [1.29, 1.82) is 0 Å². The Bertz CT molecular complexity index is 2150. The standard InChI is InChI=1S/C27H15N2Se.C13H24O2.Ir/c1-2-9-18(10-3-1)29-21-13-7-15-24-26(21)25-19(11-6-14-23(25)30-24)27-22(29)16-17-8-4-5-12-20(17)28-27;1-5-10(6-2)12(14)9-13(15)11(7-3)8-4;/h1-10,12-16H;9-11,14H,5-8H2,1-4H3;/q-1;;/b;12-9-;. The van der Waals surface area contributed by atoms with E-state index in [1.807, 2.05) is 27.7 Å². The molecule has 1 N–H and O–H groups in total. The van der Waals surface area contributed by atoms with Gasteiger partial charge < -0.3 is 5.11 Å². The first-order valence-electron chi connectivity index (χ1n) is 16.0. The van der Waals surface area contributed by atoms with E-state index in [1.54, 1.807) is 0 Å². The Morgan fingerprint density at radius 2 is 1.50 bits per heavy atom. The summed E-state index contributed by atoms with van der Waals surface area (Å²) in [5, 5.41) is 14.7. The molecule has 4 nitrogen and oxygen atoms in total. The number of hydrogen-bond donors (Lipinski definition) is 1. The van der Waals surface area contributed by atoms with Gasteiger partial charge in [0.15, 0.2) is 5.78 Å². The van der Waals surface area contributed by atoms with E-state index in [0.29, 0.717) is 14.5 Å². The number of aliphatic hydroxyl groups excluding tert-OH is 1. The second kappa shape index (κ2) is 14.9. The van der Waals surface area contributed by atoms with Gasteiger partial charge in [-0.15, -0.1) is 0 Å². The Hall–Kier alpha value is -3.53. The van der Waals surface area contributed by atoms with Crippen LogP contribution in [-0.4, -0.2) is 34.9 Å². The second-order valence-electron chi connectivity index (χ2n) is 11.6. The molecule has 0 aliphatic heterocycles. The van der Waals surface area contributed by atoms with Crippen molar-refractivity contribution in [3.8, 4) is 5.69 Å². The molecule has 0 saturated heterocycles. The summed E-state index contributed by atoms with van der Waals surface area (Å²) in [5.74, 6) is 0.547. The quantitative estimate of drug-likeness (QED) is 0.0717. The van der Waals surface area contributed by atoms with Gasteiger partial charge in [0.25, 0.3) is 0 Å². The van der Waals surface area contributed by atoms with Gasteiger partial charge in [-0.1, -0.05) is 27.7 Å². The molecule has 7 aromatic rings. The van der Waals surface area contributed by atoms with Crippen LogP contribution >= 0.6 is 0 Å². The third-order valence-electron chi connectivity index (χ3n) is 8.95. The Labute approximate surface area is 290 Å². The van der Waals surface area contributed by atoms with Gasteiger partial charge >= 0.3 is 179 Å². The van der Waals surface area contributed by atoms with Crippen molar-refractivity contribution in [2.75, 3.05) is 0 Å². The Morgan fingerprint density at radius 3 is 2.22 bits per heavy atom. The van der Waals surface area contributed by atoms with E-state index in [0.717, 1.165) is 58.7 Å². The zero-order valence-electron chi connectivity index (χ0n) is 26.7. The fourth-order valence-electron chi connectivity index (χ4n) is 6.38. The van der Waals surface area contributed by atoms with Gasteiger partial charge in [0.05, 0.1) is 5.76 Å². The van der Waals surface area contributed by atoms with Crippen LogP contribution in [0.25, 0.3) is 57.8 Å². The molecule has 0 aliphatic rings. The number of aromatic nitrogens is 2. The summed E-state index contributed by atoms with van der Waals surface area (Å²) in [7, 11) is 0. The number of benzene rings is 4. The molecule has 46 heavy (non-hydrogen) atoms. The normalized spacial score (nSPS) is 11.9. The minimum absolute atomic E-state index is 0. The Morgan fingerprint density at radius 1 is 0.826 bits per heavy atom. The van der Waals surface area contributed by atoms with Crippen molar-refractivity contribution >= 4 is 72.4 Å². The second-order valence-corrected chi connectivity index (χ2v) is 13.8. The minimum atomic E-state index is 0. The molecule has 0 unspecified atom stereocenters. The molecule has 237 valence electrons. The SMILES string of the molecule is CCC(CC)C(=O)/C=C(\O)C(CC)CC.[Ir].[c-]1ccc2[se]c3cccc4c3c2c1c1nc2ccccc2cc1n4-c1ccccc1. The van der Waals surface area contributed by atoms with E-state index in [2.05, 4.69) is 102 Å². The summed E-state index contributed by atoms with van der Waals surface area (Å²) in [4.78, 5) is 16.9.